The summed E-state index contributed by atoms with van der Waals surface area (Å²) in [5, 5.41) is 7.77. The lowest BCUT2D eigenvalue weighted by molar-refractivity contribution is 0.0940. The molecule has 0 aliphatic rings. The van der Waals surface area contributed by atoms with Crippen molar-refractivity contribution < 1.29 is 4.79 Å². The van der Waals surface area contributed by atoms with Crippen LogP contribution in [0.1, 0.15) is 41.8 Å². The van der Waals surface area contributed by atoms with Crippen molar-refractivity contribution in [3.63, 3.8) is 0 Å². The molecule has 0 radical (unpaired) electrons. The lowest BCUT2D eigenvalue weighted by Gasteiger charge is -2.11. The number of nitrogens with zero attached hydrogens (tertiary/aromatic N) is 2. The lowest BCUT2D eigenvalue weighted by atomic mass is 10.1. The van der Waals surface area contributed by atoms with Crippen molar-refractivity contribution in [1.82, 2.24) is 15.1 Å². The number of carbonyl (C=O) groups excluding carboxylic acids is 1. The van der Waals surface area contributed by atoms with E-state index in [2.05, 4.69) is 24.4 Å². The summed E-state index contributed by atoms with van der Waals surface area (Å²) in [4.78, 5) is 12.8. The second kappa shape index (κ2) is 8.00. The van der Waals surface area contributed by atoms with Crippen LogP contribution in [-0.4, -0.2) is 21.7 Å². The maximum absolute atomic E-state index is 12.8. The van der Waals surface area contributed by atoms with Gasteiger partial charge < -0.3 is 5.32 Å². The van der Waals surface area contributed by atoms with E-state index in [1.54, 1.807) is 0 Å². The number of rotatable bonds is 6. The zero-order chi connectivity index (χ0) is 18.5. The quantitative estimate of drug-likeness (QED) is 0.717. The fourth-order valence-electron chi connectivity index (χ4n) is 2.77. The minimum absolute atomic E-state index is 0.0748. The van der Waals surface area contributed by atoms with Crippen LogP contribution in [0, 0.1) is 6.92 Å². The molecule has 0 saturated carbocycles. The molecule has 0 saturated heterocycles. The summed E-state index contributed by atoms with van der Waals surface area (Å²) >= 11 is 0. The molecule has 1 N–H and O–H groups in total. The first-order valence-electron chi connectivity index (χ1n) is 9.06. The molecule has 0 aliphatic carbocycles. The summed E-state index contributed by atoms with van der Waals surface area (Å²) in [7, 11) is 0. The average molecular weight is 347 g/mol. The van der Waals surface area contributed by atoms with Crippen molar-refractivity contribution in [2.45, 2.75) is 39.8 Å². The van der Waals surface area contributed by atoms with Gasteiger partial charge in [-0.3, -0.25) is 9.48 Å². The standard InChI is InChI=1S/C22H25N3O/c1-4-17(3)23-22(26)20-15-25(14-18-8-6-5-7-9-18)24-21(20)19-12-10-16(2)11-13-19/h5-13,15,17H,4,14H2,1-3H3,(H,23,26). The van der Waals surface area contributed by atoms with E-state index in [0.29, 0.717) is 12.1 Å². The summed E-state index contributed by atoms with van der Waals surface area (Å²) in [5.74, 6) is -0.0748. The molecule has 3 aromatic rings. The first-order valence-corrected chi connectivity index (χ1v) is 9.06. The first-order chi connectivity index (χ1) is 12.6. The van der Waals surface area contributed by atoms with Crippen molar-refractivity contribution in [1.29, 1.82) is 0 Å². The van der Waals surface area contributed by atoms with E-state index in [4.69, 9.17) is 5.10 Å². The highest BCUT2D eigenvalue weighted by Gasteiger charge is 2.19. The van der Waals surface area contributed by atoms with Gasteiger partial charge in [-0.1, -0.05) is 67.1 Å². The number of aromatic nitrogens is 2. The molecule has 1 amide bonds. The van der Waals surface area contributed by atoms with Gasteiger partial charge in [0, 0.05) is 17.8 Å². The van der Waals surface area contributed by atoms with Crippen molar-refractivity contribution in [3.8, 4) is 11.3 Å². The van der Waals surface area contributed by atoms with Crippen LogP contribution >= 0.6 is 0 Å². The van der Waals surface area contributed by atoms with Crippen LogP contribution in [0.2, 0.25) is 0 Å². The maximum atomic E-state index is 12.8. The van der Waals surface area contributed by atoms with E-state index in [9.17, 15) is 4.79 Å². The van der Waals surface area contributed by atoms with E-state index in [1.165, 1.54) is 5.56 Å². The van der Waals surface area contributed by atoms with Gasteiger partial charge in [0.2, 0.25) is 0 Å². The highest BCUT2D eigenvalue weighted by Crippen LogP contribution is 2.23. The molecule has 1 atom stereocenters. The van der Waals surface area contributed by atoms with Crippen LogP contribution in [0.25, 0.3) is 11.3 Å². The Labute approximate surface area is 154 Å². The van der Waals surface area contributed by atoms with Crippen LogP contribution in [0.3, 0.4) is 0 Å². The van der Waals surface area contributed by atoms with E-state index < -0.39 is 0 Å². The summed E-state index contributed by atoms with van der Waals surface area (Å²) in [6.07, 6.45) is 2.74. The summed E-state index contributed by atoms with van der Waals surface area (Å²) in [6, 6.07) is 18.4. The highest BCUT2D eigenvalue weighted by atomic mass is 16.1. The Kier molecular flexibility index (Phi) is 5.52. The number of amides is 1. The van der Waals surface area contributed by atoms with Gasteiger partial charge in [0.1, 0.15) is 5.69 Å². The van der Waals surface area contributed by atoms with Crippen molar-refractivity contribution in [3.05, 3.63) is 77.5 Å². The number of aryl methyl sites for hydroxylation is 1. The van der Waals surface area contributed by atoms with Crippen molar-refractivity contribution in [2.75, 3.05) is 0 Å². The third-order valence-corrected chi connectivity index (χ3v) is 4.51. The van der Waals surface area contributed by atoms with Crippen LogP contribution < -0.4 is 5.32 Å². The van der Waals surface area contributed by atoms with Gasteiger partial charge in [-0.15, -0.1) is 0 Å². The maximum Gasteiger partial charge on any atom is 0.255 e. The van der Waals surface area contributed by atoms with Gasteiger partial charge in [0.25, 0.3) is 5.91 Å². The Bertz CT molecular complexity index is 866. The molecular weight excluding hydrogens is 322 g/mol. The normalized spacial score (nSPS) is 12.0. The average Bonchev–Trinajstić information content (AvgIpc) is 3.07. The third-order valence-electron chi connectivity index (χ3n) is 4.51. The molecule has 1 heterocycles. The molecule has 26 heavy (non-hydrogen) atoms. The second-order valence-electron chi connectivity index (χ2n) is 6.72. The fraction of sp³-hybridized carbons (Fsp3) is 0.273. The molecule has 3 rings (SSSR count). The summed E-state index contributed by atoms with van der Waals surface area (Å²) in [5.41, 5.74) is 4.63. The van der Waals surface area contributed by atoms with Crippen LogP contribution in [0.15, 0.2) is 60.8 Å². The molecule has 1 aromatic heterocycles. The zero-order valence-corrected chi connectivity index (χ0v) is 15.6. The predicted octanol–water partition coefficient (Wildman–Crippen LogP) is 4.44. The van der Waals surface area contributed by atoms with Crippen LogP contribution in [0.4, 0.5) is 0 Å². The minimum Gasteiger partial charge on any atom is -0.349 e. The third kappa shape index (κ3) is 4.20. The zero-order valence-electron chi connectivity index (χ0n) is 15.6. The van der Waals surface area contributed by atoms with Gasteiger partial charge in [0.05, 0.1) is 12.1 Å². The van der Waals surface area contributed by atoms with E-state index in [1.807, 2.05) is 67.2 Å². The number of hydrogen-bond donors (Lipinski definition) is 1. The van der Waals surface area contributed by atoms with Crippen molar-refractivity contribution >= 4 is 5.91 Å². The number of carbonyl (C=O) groups is 1. The second-order valence-corrected chi connectivity index (χ2v) is 6.72. The lowest BCUT2D eigenvalue weighted by Crippen LogP contribution is -2.32. The number of benzene rings is 2. The molecule has 1 unspecified atom stereocenters. The van der Waals surface area contributed by atoms with E-state index in [0.717, 1.165) is 23.2 Å². The van der Waals surface area contributed by atoms with Crippen LogP contribution in [0.5, 0.6) is 0 Å². The molecule has 0 fully saturated rings. The van der Waals surface area contributed by atoms with Gasteiger partial charge in [-0.2, -0.15) is 5.10 Å². The Hall–Kier alpha value is -2.88. The SMILES string of the molecule is CCC(C)NC(=O)c1cn(Cc2ccccc2)nc1-c1ccc(C)cc1. The van der Waals surface area contributed by atoms with Gasteiger partial charge in [-0.05, 0) is 25.8 Å². The molecule has 134 valence electrons. The molecular formula is C22H25N3O. The Balaban J connectivity index is 1.96. The molecule has 0 bridgehead atoms. The molecule has 0 spiro atoms. The summed E-state index contributed by atoms with van der Waals surface area (Å²) < 4.78 is 1.84. The Morgan fingerprint density at radius 2 is 1.81 bits per heavy atom. The summed E-state index contributed by atoms with van der Waals surface area (Å²) in [6.45, 7) is 6.76. The first kappa shape index (κ1) is 17.9. The highest BCUT2D eigenvalue weighted by molar-refractivity contribution is 5.99. The predicted molar refractivity (Wildman–Crippen MR) is 105 cm³/mol. The van der Waals surface area contributed by atoms with E-state index >= 15 is 0 Å². The molecule has 0 aliphatic heterocycles. The van der Waals surface area contributed by atoms with Crippen LogP contribution in [-0.2, 0) is 6.54 Å². The minimum atomic E-state index is -0.0748. The smallest absolute Gasteiger partial charge is 0.255 e. The van der Waals surface area contributed by atoms with Gasteiger partial charge in [-0.25, -0.2) is 0 Å². The fourth-order valence-corrected chi connectivity index (χ4v) is 2.77. The monoisotopic (exact) mass is 347 g/mol. The Morgan fingerprint density at radius 1 is 1.12 bits per heavy atom. The van der Waals surface area contributed by atoms with Gasteiger partial charge in [0.15, 0.2) is 0 Å². The van der Waals surface area contributed by atoms with Gasteiger partial charge >= 0.3 is 0 Å². The molecule has 4 heteroatoms. The van der Waals surface area contributed by atoms with E-state index in [-0.39, 0.29) is 11.9 Å². The topological polar surface area (TPSA) is 46.9 Å². The molecule has 2 aromatic carbocycles. The largest absolute Gasteiger partial charge is 0.349 e. The Morgan fingerprint density at radius 3 is 2.46 bits per heavy atom. The van der Waals surface area contributed by atoms with Crippen molar-refractivity contribution in [2.24, 2.45) is 0 Å². The molecule has 4 nitrogen and oxygen atoms in total. The number of nitrogens with one attached hydrogen (secondary N) is 1. The number of hydrogen-bond acceptors (Lipinski definition) is 2.